The van der Waals surface area contributed by atoms with Crippen molar-refractivity contribution in [3.8, 4) is 10.9 Å². The van der Waals surface area contributed by atoms with Gasteiger partial charge < -0.3 is 4.98 Å². The van der Waals surface area contributed by atoms with E-state index in [0.717, 1.165) is 13.7 Å². The van der Waals surface area contributed by atoms with Crippen molar-refractivity contribution >= 4 is 66.8 Å². The van der Waals surface area contributed by atoms with Gasteiger partial charge in [-0.3, -0.25) is 0 Å². The topological polar surface area (TPSA) is 14.1 Å². The maximum atomic E-state index is 4.42. The molecule has 2 heterocycles. The van der Waals surface area contributed by atoms with Crippen LogP contribution in [0, 0.1) is 0 Å². The standard InChI is InChI=1S/2C18H15P.C13H9NP.Cu/c2*1-4-10-16(11-5-1)19(17-12-6-2-7-13-17)18-14-8-3-9-15-18;1-2-9-15-12(6-1)11-5-3-4-10-7-8-14-13(10)11;/h2*1-15H;1-9H;/q;;-1;+1/p+3. The molecule has 0 bridgehead atoms. The van der Waals surface area contributed by atoms with Gasteiger partial charge in [0.05, 0.1) is 15.8 Å². The van der Waals surface area contributed by atoms with Gasteiger partial charge in [0.25, 0.3) is 0 Å². The Balaban J connectivity index is 0.000000138. The Kier molecular flexibility index (Phi) is 14.8. The summed E-state index contributed by atoms with van der Waals surface area (Å²) in [6, 6.07) is 79.8. The van der Waals surface area contributed by atoms with Crippen LogP contribution in [0.4, 0.5) is 0 Å². The number of nitrogens with zero attached hydrogens (tertiary/aromatic N) is 1. The molecule has 0 spiro atoms. The maximum absolute atomic E-state index is 4.42. The first-order valence-electron chi connectivity index (χ1n) is 17.9. The Labute approximate surface area is 334 Å². The zero-order valence-electron chi connectivity index (χ0n) is 29.8. The van der Waals surface area contributed by atoms with Gasteiger partial charge in [-0.2, -0.15) is 6.20 Å². The van der Waals surface area contributed by atoms with Crippen LogP contribution in [0.1, 0.15) is 0 Å². The minimum atomic E-state index is -0.877. The summed E-state index contributed by atoms with van der Waals surface area (Å²) in [5.74, 6) is 2.21. The molecule has 9 aromatic rings. The first-order chi connectivity index (χ1) is 26.3. The van der Waals surface area contributed by atoms with Gasteiger partial charge in [-0.15, -0.1) is 5.52 Å². The molecule has 0 fully saturated rings. The van der Waals surface area contributed by atoms with Crippen LogP contribution in [0.5, 0.6) is 0 Å². The van der Waals surface area contributed by atoms with Crippen molar-refractivity contribution in [3.05, 3.63) is 236 Å². The molecule has 54 heavy (non-hydrogen) atoms. The average molecular weight is 801 g/mol. The molecule has 1 nitrogen and oxygen atoms in total. The molecule has 0 radical (unpaired) electrons. The van der Waals surface area contributed by atoms with Gasteiger partial charge in [0, 0.05) is 5.56 Å². The molecule has 0 N–H and O–H groups in total. The first-order valence-corrected chi connectivity index (χ1v) is 22.0. The van der Waals surface area contributed by atoms with Crippen LogP contribution in [0.2, 0.25) is 0 Å². The number of rotatable bonds is 7. The van der Waals surface area contributed by atoms with Crippen LogP contribution >= 0.6 is 24.0 Å². The van der Waals surface area contributed by atoms with Crippen LogP contribution in [0.25, 0.3) is 21.8 Å². The number of aromatic nitrogens is 1. The third-order valence-electron chi connectivity index (χ3n) is 8.90. The fraction of sp³-hybridized carbons (Fsp3) is 0. The number of fused-ring (bicyclic) bond motifs is 1. The van der Waals surface area contributed by atoms with E-state index in [2.05, 4.69) is 235 Å². The quantitative estimate of drug-likeness (QED) is 0.116. The van der Waals surface area contributed by atoms with E-state index in [4.69, 9.17) is 0 Å². The van der Waals surface area contributed by atoms with Gasteiger partial charge in [0.1, 0.15) is 45.8 Å². The van der Waals surface area contributed by atoms with Crippen molar-refractivity contribution in [2.24, 2.45) is 0 Å². The average Bonchev–Trinajstić information content (AvgIpc) is 3.74. The van der Waals surface area contributed by atoms with Gasteiger partial charge in [0.15, 0.2) is 5.30 Å². The van der Waals surface area contributed by atoms with Crippen LogP contribution in [0.15, 0.2) is 236 Å². The predicted molar refractivity (Wildman–Crippen MR) is 240 cm³/mol. The van der Waals surface area contributed by atoms with Crippen molar-refractivity contribution < 1.29 is 17.1 Å². The second kappa shape index (κ2) is 20.5. The monoisotopic (exact) mass is 800 g/mol. The van der Waals surface area contributed by atoms with Crippen LogP contribution < -0.4 is 36.8 Å². The summed E-state index contributed by atoms with van der Waals surface area (Å²) in [4.78, 5) is 4.42. The van der Waals surface area contributed by atoms with Crippen LogP contribution in [-0.4, -0.2) is 0 Å². The zero-order chi connectivity index (χ0) is 35.9. The van der Waals surface area contributed by atoms with E-state index in [1.807, 2.05) is 6.20 Å². The molecular formula is C49H42CuNP3+3. The van der Waals surface area contributed by atoms with E-state index in [1.54, 1.807) is 0 Å². The van der Waals surface area contributed by atoms with Crippen LogP contribution in [-0.2, 0) is 17.1 Å². The Morgan fingerprint density at radius 1 is 0.333 bits per heavy atom. The second-order valence-electron chi connectivity index (χ2n) is 12.4. The summed E-state index contributed by atoms with van der Waals surface area (Å²) in [7, 11) is -0.999. The van der Waals surface area contributed by atoms with E-state index >= 15 is 0 Å². The smallest absolute Gasteiger partial charge is 0.663 e. The Bertz CT molecular complexity index is 2070. The van der Waals surface area contributed by atoms with Crippen molar-refractivity contribution in [1.82, 2.24) is 4.98 Å². The fourth-order valence-electron chi connectivity index (χ4n) is 6.44. The molecule has 7 aromatic carbocycles. The summed E-state index contributed by atoms with van der Waals surface area (Å²) >= 11 is 0. The van der Waals surface area contributed by atoms with E-state index < -0.39 is 15.8 Å². The summed E-state index contributed by atoms with van der Waals surface area (Å²) in [6.07, 6.45) is 1.88. The molecule has 0 aliphatic carbocycles. The van der Waals surface area contributed by atoms with Gasteiger partial charge in [-0.05, 0) is 90.3 Å². The number of hydrogen-bond acceptors (Lipinski definition) is 0. The van der Waals surface area contributed by atoms with Gasteiger partial charge >= 0.3 is 17.1 Å². The number of para-hydroxylation sites is 1. The van der Waals surface area contributed by atoms with E-state index in [9.17, 15) is 0 Å². The molecular weight excluding hydrogens is 759 g/mol. The molecule has 2 aromatic heterocycles. The Morgan fingerprint density at radius 2 is 0.685 bits per heavy atom. The van der Waals surface area contributed by atoms with Crippen molar-refractivity contribution in [3.63, 3.8) is 0 Å². The molecule has 5 heteroatoms. The van der Waals surface area contributed by atoms with Crippen molar-refractivity contribution in [1.29, 1.82) is 0 Å². The minimum Gasteiger partial charge on any atom is -0.663 e. The molecule has 0 saturated carbocycles. The van der Waals surface area contributed by atoms with Gasteiger partial charge in [0.2, 0.25) is 0 Å². The molecule has 1 atom stereocenters. The fourth-order valence-corrected chi connectivity index (χ4v) is 12.5. The van der Waals surface area contributed by atoms with E-state index in [0.29, 0.717) is 0 Å². The largest absolute Gasteiger partial charge is 1.00 e. The van der Waals surface area contributed by atoms with Crippen molar-refractivity contribution in [2.75, 3.05) is 0 Å². The maximum Gasteiger partial charge on any atom is 1.00 e. The molecule has 0 saturated heterocycles. The van der Waals surface area contributed by atoms with Gasteiger partial charge in [-0.1, -0.05) is 140 Å². The van der Waals surface area contributed by atoms with E-state index in [-0.39, 0.29) is 17.1 Å². The molecule has 266 valence electrons. The molecule has 1 unspecified atom stereocenters. The minimum absolute atomic E-state index is 0. The van der Waals surface area contributed by atoms with E-state index in [1.165, 1.54) is 48.1 Å². The SMILES string of the molecule is [Cu+].c1ccc(-c2cccc3cc[n-]c23)[pH+]c1.c1ccc([PH+](c2ccccc2)c2ccccc2)cc1.c1ccc([PH+](c2ccccc2)c2ccccc2)cc1. The summed E-state index contributed by atoms with van der Waals surface area (Å²) in [6.45, 7) is 0. The summed E-state index contributed by atoms with van der Waals surface area (Å²) < 4.78 is 0. The molecule has 0 aliphatic rings. The Morgan fingerprint density at radius 3 is 1.02 bits per heavy atom. The first kappa shape index (κ1) is 38.8. The summed E-state index contributed by atoms with van der Waals surface area (Å²) in [5.41, 5.74) is 2.40. The molecule has 0 aliphatic heterocycles. The Hall–Kier alpha value is -4.89. The van der Waals surface area contributed by atoms with Crippen LogP contribution in [0.3, 0.4) is 0 Å². The third-order valence-corrected chi connectivity index (χ3v) is 15.5. The zero-order valence-corrected chi connectivity index (χ0v) is 33.7. The number of hydrogen-bond donors (Lipinski definition) is 0. The number of benzene rings is 7. The van der Waals surface area contributed by atoms with Crippen molar-refractivity contribution in [2.45, 2.75) is 0 Å². The molecule has 0 amide bonds. The predicted octanol–water partition coefficient (Wildman–Crippen LogP) is 10.1. The molecule has 9 rings (SSSR count). The summed E-state index contributed by atoms with van der Waals surface area (Å²) in [5, 5.41) is 11.2. The second-order valence-corrected chi connectivity index (χ2v) is 18.5. The normalized spacial score (nSPS) is 10.6. The van der Waals surface area contributed by atoms with Gasteiger partial charge in [-0.25, -0.2) is 0 Å². The third kappa shape index (κ3) is 10.2.